The van der Waals surface area contributed by atoms with Crippen LogP contribution in [0.15, 0.2) is 36.4 Å². The Bertz CT molecular complexity index is 918. The number of piperazine rings is 1. The molecule has 3 rings (SSSR count). The minimum Gasteiger partial charge on any atom is -0.497 e. The SMILES string of the molecule is COc1ccc(N2CCN(c3c([N+](=O)[O-])cc(C(=O)O)cc3[N+](=O)[O-])CC2)cc1. The van der Waals surface area contributed by atoms with Gasteiger partial charge in [0.1, 0.15) is 5.75 Å². The maximum atomic E-state index is 11.5. The van der Waals surface area contributed by atoms with Gasteiger partial charge in [0.2, 0.25) is 0 Å². The van der Waals surface area contributed by atoms with Crippen LogP contribution in [0.5, 0.6) is 5.75 Å². The summed E-state index contributed by atoms with van der Waals surface area (Å²) in [5, 5.41) is 32.1. The Hall–Kier alpha value is -3.89. The van der Waals surface area contributed by atoms with Crippen LogP contribution in [0.25, 0.3) is 0 Å². The minimum absolute atomic E-state index is 0.167. The van der Waals surface area contributed by atoms with Gasteiger partial charge < -0.3 is 19.6 Å². The summed E-state index contributed by atoms with van der Waals surface area (Å²) in [4.78, 5) is 36.3. The number of aromatic carboxylic acids is 1. The Balaban J connectivity index is 1.90. The predicted octanol–water partition coefficient (Wildman–Crippen LogP) is 2.54. The van der Waals surface area contributed by atoms with Gasteiger partial charge in [0.25, 0.3) is 0 Å². The van der Waals surface area contributed by atoms with Crippen LogP contribution in [0.3, 0.4) is 0 Å². The zero-order valence-corrected chi connectivity index (χ0v) is 15.5. The highest BCUT2D eigenvalue weighted by Crippen LogP contribution is 2.39. The first-order chi connectivity index (χ1) is 13.8. The third kappa shape index (κ3) is 4.03. The van der Waals surface area contributed by atoms with Gasteiger partial charge in [-0.1, -0.05) is 0 Å². The van der Waals surface area contributed by atoms with Gasteiger partial charge in [0, 0.05) is 44.0 Å². The first-order valence-electron chi connectivity index (χ1n) is 8.66. The number of benzene rings is 2. The Morgan fingerprint density at radius 1 is 0.966 bits per heavy atom. The molecule has 0 aliphatic carbocycles. The molecule has 0 spiro atoms. The number of nitrogens with zero attached hydrogens (tertiary/aromatic N) is 4. The summed E-state index contributed by atoms with van der Waals surface area (Å²) < 4.78 is 5.13. The van der Waals surface area contributed by atoms with Crippen molar-refractivity contribution in [1.82, 2.24) is 0 Å². The van der Waals surface area contributed by atoms with Crippen molar-refractivity contribution in [1.29, 1.82) is 0 Å². The Morgan fingerprint density at radius 2 is 1.45 bits per heavy atom. The number of methoxy groups -OCH3 is 1. The van der Waals surface area contributed by atoms with E-state index in [0.29, 0.717) is 26.2 Å². The molecule has 11 heteroatoms. The van der Waals surface area contributed by atoms with E-state index >= 15 is 0 Å². The van der Waals surface area contributed by atoms with Gasteiger partial charge in [-0.25, -0.2) is 4.79 Å². The minimum atomic E-state index is -1.47. The second-order valence-electron chi connectivity index (χ2n) is 6.35. The molecule has 0 bridgehead atoms. The fraction of sp³-hybridized carbons (Fsp3) is 0.278. The van der Waals surface area contributed by atoms with Crippen LogP contribution in [0.1, 0.15) is 10.4 Å². The van der Waals surface area contributed by atoms with Crippen molar-refractivity contribution < 1.29 is 24.5 Å². The molecule has 1 N–H and O–H groups in total. The monoisotopic (exact) mass is 402 g/mol. The summed E-state index contributed by atoms with van der Waals surface area (Å²) >= 11 is 0. The topological polar surface area (TPSA) is 139 Å². The number of hydrogen-bond donors (Lipinski definition) is 1. The molecule has 2 aromatic rings. The van der Waals surface area contributed by atoms with Crippen molar-refractivity contribution in [2.75, 3.05) is 43.1 Å². The number of carbonyl (C=O) groups is 1. The van der Waals surface area contributed by atoms with Gasteiger partial charge in [-0.05, 0) is 24.3 Å². The summed E-state index contributed by atoms with van der Waals surface area (Å²) in [5.41, 5.74) is -0.900. The van der Waals surface area contributed by atoms with Crippen molar-refractivity contribution in [3.63, 3.8) is 0 Å². The van der Waals surface area contributed by atoms with Crippen molar-refractivity contribution in [2.24, 2.45) is 0 Å². The molecule has 0 saturated carbocycles. The third-order valence-electron chi connectivity index (χ3n) is 4.74. The average molecular weight is 402 g/mol. The van der Waals surface area contributed by atoms with Gasteiger partial charge in [0.15, 0.2) is 5.69 Å². The molecule has 2 aromatic carbocycles. The van der Waals surface area contributed by atoms with E-state index in [2.05, 4.69) is 4.90 Å². The fourth-order valence-electron chi connectivity index (χ4n) is 3.31. The lowest BCUT2D eigenvalue weighted by molar-refractivity contribution is -0.392. The quantitative estimate of drug-likeness (QED) is 0.570. The lowest BCUT2D eigenvalue weighted by Gasteiger charge is -2.36. The zero-order valence-electron chi connectivity index (χ0n) is 15.5. The van der Waals surface area contributed by atoms with E-state index in [9.17, 15) is 25.0 Å². The van der Waals surface area contributed by atoms with Gasteiger partial charge in [0.05, 0.1) is 22.5 Å². The highest BCUT2D eigenvalue weighted by atomic mass is 16.6. The molecular weight excluding hydrogens is 384 g/mol. The van der Waals surface area contributed by atoms with Crippen LogP contribution in [0, 0.1) is 20.2 Å². The first-order valence-corrected chi connectivity index (χ1v) is 8.66. The maximum Gasteiger partial charge on any atom is 0.336 e. The smallest absolute Gasteiger partial charge is 0.336 e. The molecular formula is C18H18N4O7. The lowest BCUT2D eigenvalue weighted by atomic mass is 10.1. The normalized spacial score (nSPS) is 13.8. The van der Waals surface area contributed by atoms with E-state index in [4.69, 9.17) is 9.84 Å². The van der Waals surface area contributed by atoms with Gasteiger partial charge in [-0.15, -0.1) is 0 Å². The second-order valence-corrected chi connectivity index (χ2v) is 6.35. The van der Waals surface area contributed by atoms with Crippen LogP contribution in [0.2, 0.25) is 0 Å². The second kappa shape index (κ2) is 8.00. The molecule has 1 heterocycles. The number of ether oxygens (including phenoxy) is 1. The van der Waals surface area contributed by atoms with Crippen molar-refractivity contribution in [2.45, 2.75) is 0 Å². The molecule has 1 aliphatic heterocycles. The van der Waals surface area contributed by atoms with E-state index < -0.39 is 32.8 Å². The number of nitro groups is 2. The van der Waals surface area contributed by atoms with Crippen molar-refractivity contribution in [3.8, 4) is 5.75 Å². The maximum absolute atomic E-state index is 11.5. The Kier molecular flexibility index (Phi) is 5.48. The fourth-order valence-corrected chi connectivity index (χ4v) is 3.31. The van der Waals surface area contributed by atoms with Crippen LogP contribution >= 0.6 is 0 Å². The number of carboxylic acids is 1. The zero-order chi connectivity index (χ0) is 21.1. The van der Waals surface area contributed by atoms with E-state index in [1.807, 2.05) is 24.3 Å². The van der Waals surface area contributed by atoms with Gasteiger partial charge in [-0.3, -0.25) is 20.2 Å². The van der Waals surface area contributed by atoms with Crippen molar-refractivity contribution >= 4 is 28.7 Å². The lowest BCUT2D eigenvalue weighted by Crippen LogP contribution is -2.46. The number of hydrogen-bond acceptors (Lipinski definition) is 8. The van der Waals surface area contributed by atoms with Gasteiger partial charge >= 0.3 is 17.3 Å². The van der Waals surface area contributed by atoms with Gasteiger partial charge in [-0.2, -0.15) is 0 Å². The summed E-state index contributed by atoms with van der Waals surface area (Å²) in [6.45, 7) is 1.59. The molecule has 1 aliphatic rings. The van der Waals surface area contributed by atoms with Crippen LogP contribution in [0.4, 0.5) is 22.7 Å². The van der Waals surface area contributed by atoms with Crippen LogP contribution < -0.4 is 14.5 Å². The summed E-state index contributed by atoms with van der Waals surface area (Å²) in [6.07, 6.45) is 0. The molecule has 29 heavy (non-hydrogen) atoms. The molecule has 1 saturated heterocycles. The summed E-state index contributed by atoms with van der Waals surface area (Å²) in [5.74, 6) is -0.746. The molecule has 0 amide bonds. The number of carboxylic acid groups (broad SMARTS) is 1. The van der Waals surface area contributed by atoms with E-state index in [-0.39, 0.29) is 5.69 Å². The molecule has 0 radical (unpaired) electrons. The Labute approximate surface area is 165 Å². The predicted molar refractivity (Wildman–Crippen MR) is 104 cm³/mol. The van der Waals surface area contributed by atoms with Crippen LogP contribution in [-0.4, -0.2) is 54.2 Å². The molecule has 152 valence electrons. The number of rotatable bonds is 6. The number of anilines is 2. The molecule has 1 fully saturated rings. The molecule has 0 unspecified atom stereocenters. The summed E-state index contributed by atoms with van der Waals surface area (Å²) in [6, 6.07) is 9.15. The molecule has 0 aromatic heterocycles. The summed E-state index contributed by atoms with van der Waals surface area (Å²) in [7, 11) is 1.57. The third-order valence-corrected chi connectivity index (χ3v) is 4.74. The molecule has 11 nitrogen and oxygen atoms in total. The average Bonchev–Trinajstić information content (AvgIpc) is 2.72. The molecule has 0 atom stereocenters. The van der Waals surface area contributed by atoms with E-state index in [1.54, 1.807) is 12.0 Å². The highest BCUT2D eigenvalue weighted by molar-refractivity contribution is 5.92. The Morgan fingerprint density at radius 3 is 1.86 bits per heavy atom. The standard InChI is InChI=1S/C18H18N4O7/c1-29-14-4-2-13(3-5-14)19-6-8-20(9-7-19)17-15(21(25)26)10-12(18(23)24)11-16(17)22(27)28/h2-5,10-11H,6-9H2,1H3,(H,23,24). The van der Waals surface area contributed by atoms with E-state index in [0.717, 1.165) is 23.6 Å². The first kappa shape index (κ1) is 19.9. The van der Waals surface area contributed by atoms with Crippen LogP contribution in [-0.2, 0) is 0 Å². The van der Waals surface area contributed by atoms with Crippen molar-refractivity contribution in [3.05, 3.63) is 62.2 Å². The number of nitro benzene ring substituents is 2. The van der Waals surface area contributed by atoms with E-state index in [1.165, 1.54) is 0 Å². The largest absolute Gasteiger partial charge is 0.497 e. The highest BCUT2D eigenvalue weighted by Gasteiger charge is 2.34.